The second-order valence-corrected chi connectivity index (χ2v) is 9.95. The van der Waals surface area contributed by atoms with Crippen LogP contribution < -0.4 is 10.6 Å². The van der Waals surface area contributed by atoms with Gasteiger partial charge in [-0.2, -0.15) is 11.8 Å². The van der Waals surface area contributed by atoms with Crippen molar-refractivity contribution in [3.63, 3.8) is 0 Å². The molecule has 2 aliphatic rings. The van der Waals surface area contributed by atoms with Gasteiger partial charge in [-0.1, -0.05) is 48.5 Å². The number of benzene rings is 2. The number of nitrogens with one attached hydrogen (secondary N) is 2. The van der Waals surface area contributed by atoms with Crippen molar-refractivity contribution >= 4 is 29.7 Å². The summed E-state index contributed by atoms with van der Waals surface area (Å²) in [7, 11) is 0. The third-order valence-electron chi connectivity index (χ3n) is 6.46. The van der Waals surface area contributed by atoms with Crippen LogP contribution in [0.15, 0.2) is 48.5 Å². The average molecular weight is 483 g/mol. The van der Waals surface area contributed by atoms with E-state index in [1.165, 1.54) is 34.0 Å². The van der Waals surface area contributed by atoms with E-state index in [1.807, 2.05) is 24.3 Å². The Morgan fingerprint density at radius 2 is 1.68 bits per heavy atom. The number of ether oxygens (including phenoxy) is 1. The maximum Gasteiger partial charge on any atom is 0.407 e. The van der Waals surface area contributed by atoms with Gasteiger partial charge in [-0.15, -0.1) is 0 Å². The molecule has 0 heterocycles. The van der Waals surface area contributed by atoms with Crippen molar-refractivity contribution in [3.05, 3.63) is 59.7 Å². The second-order valence-electron chi connectivity index (χ2n) is 8.85. The van der Waals surface area contributed by atoms with Crippen LogP contribution in [-0.2, 0) is 14.3 Å². The zero-order valence-corrected chi connectivity index (χ0v) is 19.8. The van der Waals surface area contributed by atoms with E-state index in [-0.39, 0.29) is 36.8 Å². The molecular formula is C26H30N2O5S. The molecule has 2 amide bonds. The number of aliphatic carboxylic acids is 1. The summed E-state index contributed by atoms with van der Waals surface area (Å²) in [5.74, 6) is 0.262. The lowest BCUT2D eigenvalue weighted by Crippen LogP contribution is -2.34. The SMILES string of the molecule is O=C(O)CC1CCC(NC(=O)CSCCNC(=O)OCC2c3ccccc3-c3ccccc32)C1. The first-order valence-corrected chi connectivity index (χ1v) is 12.8. The summed E-state index contributed by atoms with van der Waals surface area (Å²) in [6.07, 6.45) is 2.11. The molecule has 2 aromatic rings. The summed E-state index contributed by atoms with van der Waals surface area (Å²) in [6.45, 7) is 0.693. The van der Waals surface area contributed by atoms with Crippen molar-refractivity contribution in [2.24, 2.45) is 5.92 Å². The maximum atomic E-state index is 12.2. The number of alkyl carbamates (subject to hydrolysis) is 1. The first kappa shape index (κ1) is 24.1. The van der Waals surface area contributed by atoms with Crippen molar-refractivity contribution in [2.75, 3.05) is 24.7 Å². The zero-order chi connectivity index (χ0) is 23.9. The molecule has 34 heavy (non-hydrogen) atoms. The monoisotopic (exact) mass is 482 g/mol. The normalized spacial score (nSPS) is 18.7. The quantitative estimate of drug-likeness (QED) is 0.442. The molecule has 0 spiro atoms. The molecule has 2 aliphatic carbocycles. The van der Waals surface area contributed by atoms with Gasteiger partial charge in [0.2, 0.25) is 5.91 Å². The second kappa shape index (κ2) is 11.4. The van der Waals surface area contributed by atoms with E-state index in [2.05, 4.69) is 34.9 Å². The molecule has 1 fully saturated rings. The molecular weight excluding hydrogens is 452 g/mol. The third kappa shape index (κ3) is 6.11. The van der Waals surface area contributed by atoms with Crippen LogP contribution in [0.1, 0.15) is 42.7 Å². The van der Waals surface area contributed by atoms with Gasteiger partial charge in [-0.25, -0.2) is 4.79 Å². The summed E-state index contributed by atoms with van der Waals surface area (Å²) in [6, 6.07) is 16.5. The predicted octanol–water partition coefficient (Wildman–Crippen LogP) is 4.02. The molecule has 3 N–H and O–H groups in total. The molecule has 2 atom stereocenters. The lowest BCUT2D eigenvalue weighted by atomic mass is 9.98. The Morgan fingerprint density at radius 3 is 2.35 bits per heavy atom. The molecule has 2 unspecified atom stereocenters. The molecule has 4 rings (SSSR count). The standard InChI is InChI=1S/C26H30N2O5S/c29-24(28-18-10-9-17(13-18)14-25(30)31)16-34-12-11-27-26(32)33-15-23-21-7-3-1-5-19(21)20-6-2-4-8-22(20)23/h1-8,17-18,23H,9-16H2,(H,27,32)(H,28,29)(H,30,31). The van der Waals surface area contributed by atoms with Gasteiger partial charge in [0.05, 0.1) is 5.75 Å². The molecule has 0 radical (unpaired) electrons. The third-order valence-corrected chi connectivity index (χ3v) is 7.42. The van der Waals surface area contributed by atoms with Gasteiger partial charge in [0, 0.05) is 30.7 Å². The Bertz CT molecular complexity index is 998. The highest BCUT2D eigenvalue weighted by atomic mass is 32.2. The van der Waals surface area contributed by atoms with Crippen molar-refractivity contribution in [3.8, 4) is 11.1 Å². The van der Waals surface area contributed by atoms with Crippen LogP contribution in [0.5, 0.6) is 0 Å². The van der Waals surface area contributed by atoms with Crippen molar-refractivity contribution < 1.29 is 24.2 Å². The largest absolute Gasteiger partial charge is 0.481 e. The Balaban J connectivity index is 1.12. The molecule has 0 aromatic heterocycles. The van der Waals surface area contributed by atoms with E-state index in [9.17, 15) is 14.4 Å². The van der Waals surface area contributed by atoms with Gasteiger partial charge in [-0.05, 0) is 47.4 Å². The number of thioether (sulfide) groups is 1. The van der Waals surface area contributed by atoms with Crippen LogP contribution in [0.2, 0.25) is 0 Å². The first-order chi connectivity index (χ1) is 16.5. The highest BCUT2D eigenvalue weighted by molar-refractivity contribution is 7.99. The number of rotatable bonds is 10. The van der Waals surface area contributed by atoms with Gasteiger partial charge in [-0.3, -0.25) is 9.59 Å². The van der Waals surface area contributed by atoms with Crippen LogP contribution in [0.4, 0.5) is 4.79 Å². The van der Waals surface area contributed by atoms with Gasteiger partial charge in [0.15, 0.2) is 0 Å². The fourth-order valence-electron chi connectivity index (χ4n) is 4.95. The van der Waals surface area contributed by atoms with Gasteiger partial charge < -0.3 is 20.5 Å². The molecule has 7 nitrogen and oxygen atoms in total. The van der Waals surface area contributed by atoms with Crippen molar-refractivity contribution in [1.82, 2.24) is 10.6 Å². The molecule has 0 aliphatic heterocycles. The molecule has 1 saturated carbocycles. The van der Waals surface area contributed by atoms with Crippen LogP contribution in [0.3, 0.4) is 0 Å². The summed E-state index contributed by atoms with van der Waals surface area (Å²) in [4.78, 5) is 35.1. The van der Waals surface area contributed by atoms with Crippen LogP contribution in [0.25, 0.3) is 11.1 Å². The maximum absolute atomic E-state index is 12.2. The number of carboxylic acid groups (broad SMARTS) is 1. The van der Waals surface area contributed by atoms with E-state index in [0.29, 0.717) is 18.1 Å². The number of hydrogen-bond donors (Lipinski definition) is 3. The van der Waals surface area contributed by atoms with E-state index in [0.717, 1.165) is 19.3 Å². The van der Waals surface area contributed by atoms with Crippen molar-refractivity contribution in [1.29, 1.82) is 0 Å². The van der Waals surface area contributed by atoms with E-state index >= 15 is 0 Å². The van der Waals surface area contributed by atoms with E-state index < -0.39 is 12.1 Å². The number of amides is 2. The van der Waals surface area contributed by atoms with Crippen molar-refractivity contribution in [2.45, 2.75) is 37.6 Å². The van der Waals surface area contributed by atoms with Crippen LogP contribution >= 0.6 is 11.8 Å². The summed E-state index contributed by atoms with van der Waals surface area (Å²) < 4.78 is 5.51. The fraction of sp³-hybridized carbons (Fsp3) is 0.423. The summed E-state index contributed by atoms with van der Waals surface area (Å²) in [5, 5.41) is 14.6. The smallest absolute Gasteiger partial charge is 0.407 e. The Morgan fingerprint density at radius 1 is 1.00 bits per heavy atom. The van der Waals surface area contributed by atoms with Crippen LogP contribution in [-0.4, -0.2) is 53.8 Å². The minimum Gasteiger partial charge on any atom is -0.481 e. The predicted molar refractivity (Wildman–Crippen MR) is 132 cm³/mol. The number of carbonyl (C=O) groups excluding carboxylic acids is 2. The first-order valence-electron chi connectivity index (χ1n) is 11.7. The van der Waals surface area contributed by atoms with Gasteiger partial charge in [0.25, 0.3) is 0 Å². The lowest BCUT2D eigenvalue weighted by Gasteiger charge is -2.15. The number of fused-ring (bicyclic) bond motifs is 3. The van der Waals surface area contributed by atoms with E-state index in [4.69, 9.17) is 9.84 Å². The summed E-state index contributed by atoms with van der Waals surface area (Å²) >= 11 is 1.45. The minimum atomic E-state index is -0.781. The molecule has 0 bridgehead atoms. The highest BCUT2D eigenvalue weighted by Gasteiger charge is 2.29. The molecule has 180 valence electrons. The van der Waals surface area contributed by atoms with E-state index in [1.54, 1.807) is 0 Å². The summed E-state index contributed by atoms with van der Waals surface area (Å²) in [5.41, 5.74) is 4.73. The number of carbonyl (C=O) groups is 3. The minimum absolute atomic E-state index is 0.0295. The Kier molecular flexibility index (Phi) is 8.11. The lowest BCUT2D eigenvalue weighted by molar-refractivity contribution is -0.138. The highest BCUT2D eigenvalue weighted by Crippen LogP contribution is 2.44. The van der Waals surface area contributed by atoms with Gasteiger partial charge >= 0.3 is 12.1 Å². The fourth-order valence-corrected chi connectivity index (χ4v) is 5.61. The average Bonchev–Trinajstić information content (AvgIpc) is 3.38. The Labute approximate surface area is 203 Å². The number of hydrogen-bond acceptors (Lipinski definition) is 5. The molecule has 0 saturated heterocycles. The Hall–Kier alpha value is -3.00. The van der Waals surface area contributed by atoms with Gasteiger partial charge in [0.1, 0.15) is 6.61 Å². The van der Waals surface area contributed by atoms with Crippen LogP contribution in [0, 0.1) is 5.92 Å². The zero-order valence-electron chi connectivity index (χ0n) is 19.0. The molecule has 2 aromatic carbocycles. The topological polar surface area (TPSA) is 105 Å². The molecule has 8 heteroatoms. The number of carboxylic acids is 1.